The zero-order valence-electron chi connectivity index (χ0n) is 9.09. The lowest BCUT2D eigenvalue weighted by atomic mass is 10.3. The van der Waals surface area contributed by atoms with E-state index in [1.54, 1.807) is 10.6 Å². The fourth-order valence-electron chi connectivity index (χ4n) is 1.73. The van der Waals surface area contributed by atoms with Crippen molar-refractivity contribution in [3.63, 3.8) is 0 Å². The van der Waals surface area contributed by atoms with E-state index in [9.17, 15) is 4.79 Å². The standard InChI is InChI=1S/C12H10N2O3/c13-7-5-11-14(8-6-12(15)16)9-3-1-2-4-10(9)17-11/h1-4H,5-6,8H2/p+1. The first-order chi connectivity index (χ1) is 8.22. The lowest BCUT2D eigenvalue weighted by Gasteiger charge is -1.92. The third-order valence-electron chi connectivity index (χ3n) is 2.46. The van der Waals surface area contributed by atoms with E-state index in [-0.39, 0.29) is 12.8 Å². The van der Waals surface area contributed by atoms with Crippen molar-refractivity contribution in [3.05, 3.63) is 30.2 Å². The molecule has 0 fully saturated rings. The van der Waals surface area contributed by atoms with Crippen LogP contribution in [0.4, 0.5) is 0 Å². The highest BCUT2D eigenvalue weighted by molar-refractivity contribution is 5.69. The number of fused-ring (bicyclic) bond motifs is 1. The summed E-state index contributed by atoms with van der Waals surface area (Å²) in [6, 6.07) is 9.35. The van der Waals surface area contributed by atoms with Crippen LogP contribution in [-0.4, -0.2) is 11.1 Å². The van der Waals surface area contributed by atoms with Gasteiger partial charge in [0, 0.05) is 6.07 Å². The number of nitriles is 1. The molecule has 0 radical (unpaired) electrons. The van der Waals surface area contributed by atoms with Gasteiger partial charge >= 0.3 is 11.9 Å². The van der Waals surface area contributed by atoms with Gasteiger partial charge in [-0.15, -0.1) is 0 Å². The van der Waals surface area contributed by atoms with Crippen molar-refractivity contribution in [3.8, 4) is 6.07 Å². The molecule has 1 heterocycles. The van der Waals surface area contributed by atoms with E-state index in [1.165, 1.54) is 0 Å². The number of aryl methyl sites for hydroxylation is 1. The maximum atomic E-state index is 10.6. The van der Waals surface area contributed by atoms with Gasteiger partial charge in [0.15, 0.2) is 13.0 Å². The van der Waals surface area contributed by atoms with Gasteiger partial charge in [-0.2, -0.15) is 9.83 Å². The molecule has 0 unspecified atom stereocenters. The highest BCUT2D eigenvalue weighted by Gasteiger charge is 2.22. The molecule has 0 aliphatic heterocycles. The number of oxazole rings is 1. The predicted molar refractivity (Wildman–Crippen MR) is 58.0 cm³/mol. The summed E-state index contributed by atoms with van der Waals surface area (Å²) in [5, 5.41) is 17.4. The Bertz CT molecular complexity index is 595. The van der Waals surface area contributed by atoms with E-state index in [1.807, 2.05) is 24.3 Å². The second kappa shape index (κ2) is 4.66. The Balaban J connectivity index is 2.44. The summed E-state index contributed by atoms with van der Waals surface area (Å²) in [5.74, 6) is -0.374. The molecule has 0 aliphatic carbocycles. The first-order valence-electron chi connectivity index (χ1n) is 5.21. The number of nitrogens with zero attached hydrogens (tertiary/aromatic N) is 2. The fourth-order valence-corrected chi connectivity index (χ4v) is 1.73. The molecule has 86 valence electrons. The summed E-state index contributed by atoms with van der Waals surface area (Å²) >= 11 is 0. The van der Waals surface area contributed by atoms with Gasteiger partial charge in [-0.3, -0.25) is 4.79 Å². The fraction of sp³-hybridized carbons (Fsp3) is 0.250. The maximum absolute atomic E-state index is 10.6. The number of carboxylic acid groups (broad SMARTS) is 1. The average molecular weight is 231 g/mol. The number of benzene rings is 1. The largest absolute Gasteiger partial charge is 0.481 e. The van der Waals surface area contributed by atoms with Gasteiger partial charge in [0.05, 0.1) is 6.07 Å². The molecule has 1 aromatic carbocycles. The third-order valence-corrected chi connectivity index (χ3v) is 2.46. The number of carbonyl (C=O) groups is 1. The molecule has 0 saturated carbocycles. The van der Waals surface area contributed by atoms with Crippen LogP contribution in [0.1, 0.15) is 12.3 Å². The van der Waals surface area contributed by atoms with Crippen molar-refractivity contribution in [2.24, 2.45) is 0 Å². The van der Waals surface area contributed by atoms with Gasteiger partial charge in [-0.1, -0.05) is 12.1 Å². The number of aliphatic carboxylic acids is 1. The molecule has 5 nitrogen and oxygen atoms in total. The van der Waals surface area contributed by atoms with Crippen LogP contribution in [-0.2, 0) is 17.8 Å². The molecular weight excluding hydrogens is 220 g/mol. The maximum Gasteiger partial charge on any atom is 0.362 e. The van der Waals surface area contributed by atoms with Crippen molar-refractivity contribution in [1.29, 1.82) is 5.26 Å². The molecule has 0 aliphatic rings. The Morgan fingerprint density at radius 2 is 2.24 bits per heavy atom. The Morgan fingerprint density at radius 3 is 2.94 bits per heavy atom. The van der Waals surface area contributed by atoms with Crippen LogP contribution in [0.2, 0.25) is 0 Å². The van der Waals surface area contributed by atoms with Crippen molar-refractivity contribution in [2.75, 3.05) is 0 Å². The summed E-state index contributed by atoms with van der Waals surface area (Å²) in [4.78, 5) is 10.6. The normalized spacial score (nSPS) is 10.3. The average Bonchev–Trinajstić information content (AvgIpc) is 2.64. The molecule has 17 heavy (non-hydrogen) atoms. The third kappa shape index (κ3) is 2.26. The Hall–Kier alpha value is -2.35. The molecule has 2 rings (SSSR count). The zero-order valence-corrected chi connectivity index (χ0v) is 9.09. The van der Waals surface area contributed by atoms with Gasteiger partial charge in [0.2, 0.25) is 5.58 Å². The molecule has 0 bridgehead atoms. The number of hydrogen-bond acceptors (Lipinski definition) is 3. The van der Waals surface area contributed by atoms with Crippen LogP contribution in [0.3, 0.4) is 0 Å². The van der Waals surface area contributed by atoms with Crippen LogP contribution in [0.25, 0.3) is 11.1 Å². The smallest absolute Gasteiger partial charge is 0.362 e. The molecule has 0 saturated heterocycles. The van der Waals surface area contributed by atoms with Gasteiger partial charge in [0.1, 0.15) is 6.42 Å². The molecule has 5 heteroatoms. The highest BCUT2D eigenvalue weighted by atomic mass is 16.4. The minimum absolute atomic E-state index is 0.00657. The minimum Gasteiger partial charge on any atom is -0.481 e. The summed E-state index contributed by atoms with van der Waals surface area (Å²) in [5.41, 5.74) is 1.49. The topological polar surface area (TPSA) is 78.1 Å². The van der Waals surface area contributed by atoms with Gasteiger partial charge in [0.25, 0.3) is 5.52 Å². The van der Waals surface area contributed by atoms with E-state index in [4.69, 9.17) is 14.8 Å². The van der Waals surface area contributed by atoms with Crippen molar-refractivity contribution in [1.82, 2.24) is 0 Å². The van der Waals surface area contributed by atoms with Gasteiger partial charge in [-0.05, 0) is 6.07 Å². The van der Waals surface area contributed by atoms with Crippen LogP contribution in [0.15, 0.2) is 28.7 Å². The predicted octanol–water partition coefficient (Wildman–Crippen LogP) is 1.26. The van der Waals surface area contributed by atoms with E-state index in [0.717, 1.165) is 5.52 Å². The Kier molecular flexibility index (Phi) is 3.06. The van der Waals surface area contributed by atoms with E-state index in [2.05, 4.69) is 0 Å². The quantitative estimate of drug-likeness (QED) is 0.803. The first kappa shape index (κ1) is 11.1. The summed E-state index contributed by atoms with van der Waals surface area (Å²) in [7, 11) is 0. The molecular formula is C12H11N2O3+. The Labute approximate surface area is 97.5 Å². The number of aromatic nitrogens is 1. The number of carboxylic acids is 1. The highest BCUT2D eigenvalue weighted by Crippen LogP contribution is 2.13. The monoisotopic (exact) mass is 231 g/mol. The van der Waals surface area contributed by atoms with Gasteiger partial charge in [-0.25, -0.2) is 0 Å². The zero-order chi connectivity index (χ0) is 12.3. The van der Waals surface area contributed by atoms with Crippen LogP contribution in [0.5, 0.6) is 0 Å². The summed E-state index contributed by atoms with van der Waals surface area (Å²) in [6.45, 7) is 0.309. The van der Waals surface area contributed by atoms with Crippen molar-refractivity contribution < 1.29 is 18.9 Å². The van der Waals surface area contributed by atoms with Gasteiger partial charge < -0.3 is 9.52 Å². The molecule has 1 aromatic heterocycles. The van der Waals surface area contributed by atoms with E-state index >= 15 is 0 Å². The number of rotatable bonds is 4. The molecule has 1 N–H and O–H groups in total. The lowest BCUT2D eigenvalue weighted by Crippen LogP contribution is -2.37. The van der Waals surface area contributed by atoms with E-state index < -0.39 is 5.97 Å². The van der Waals surface area contributed by atoms with Crippen molar-refractivity contribution in [2.45, 2.75) is 19.4 Å². The second-order valence-corrected chi connectivity index (χ2v) is 3.59. The minimum atomic E-state index is -0.870. The number of para-hydroxylation sites is 2. The van der Waals surface area contributed by atoms with Crippen LogP contribution in [0, 0.1) is 11.3 Å². The molecule has 0 atom stereocenters. The second-order valence-electron chi connectivity index (χ2n) is 3.59. The summed E-state index contributed by atoms with van der Waals surface area (Å²) < 4.78 is 7.26. The number of hydrogen-bond donors (Lipinski definition) is 1. The SMILES string of the molecule is N#CCc1oc2ccccc2[n+]1CCC(=O)O. The Morgan fingerprint density at radius 1 is 1.47 bits per heavy atom. The molecule has 0 spiro atoms. The van der Waals surface area contributed by atoms with Crippen LogP contribution < -0.4 is 4.57 Å². The molecule has 0 amide bonds. The van der Waals surface area contributed by atoms with E-state index in [0.29, 0.717) is 18.0 Å². The summed E-state index contributed by atoms with van der Waals surface area (Å²) in [6.07, 6.45) is 0.140. The molecule has 2 aromatic rings. The van der Waals surface area contributed by atoms with Crippen LogP contribution >= 0.6 is 0 Å². The van der Waals surface area contributed by atoms with Crippen molar-refractivity contribution >= 4 is 17.1 Å². The first-order valence-corrected chi connectivity index (χ1v) is 5.21. The lowest BCUT2D eigenvalue weighted by molar-refractivity contribution is -0.682.